The van der Waals surface area contributed by atoms with E-state index >= 15 is 0 Å². The molecule has 190 valence electrons. The second-order valence-corrected chi connectivity index (χ2v) is 12.8. The zero-order valence-electron chi connectivity index (χ0n) is 20.1. The fourth-order valence-electron chi connectivity index (χ4n) is 5.06. The Kier molecular flexibility index (Phi) is 5.46. The summed E-state index contributed by atoms with van der Waals surface area (Å²) in [7, 11) is -3.80. The van der Waals surface area contributed by atoms with Crippen molar-refractivity contribution in [1.82, 2.24) is 14.8 Å². The van der Waals surface area contributed by atoms with Crippen LogP contribution in [0.25, 0.3) is 0 Å². The number of pyridine rings is 1. The van der Waals surface area contributed by atoms with E-state index < -0.39 is 21.6 Å². The van der Waals surface area contributed by atoms with Gasteiger partial charge in [0, 0.05) is 71.8 Å². The minimum atomic E-state index is -5.23. The smallest absolute Gasteiger partial charge is 0.253 e. The molecular weight excluding hydrogens is 476 g/mol. The highest BCUT2D eigenvalue weighted by atomic mass is 32.3. The Morgan fingerprint density at radius 3 is 2.54 bits per heavy atom. The molecule has 1 saturated heterocycles. The van der Waals surface area contributed by atoms with Crippen LogP contribution in [-0.4, -0.2) is 75.1 Å². The van der Waals surface area contributed by atoms with Crippen molar-refractivity contribution in [3.05, 3.63) is 47.7 Å². The number of aromatic nitrogens is 1. The van der Waals surface area contributed by atoms with Crippen LogP contribution < -0.4 is 8.61 Å². The SMILES string of the molecule is CC(=O)N1CCN(Cc2ccc(C)c(S3(=O)([O-])N(C)c4ncccc4N3CC3CC3(F)F)c2)CC1. The summed E-state index contributed by atoms with van der Waals surface area (Å²) in [5, 5.41) is 0. The molecule has 3 aliphatic rings. The van der Waals surface area contributed by atoms with Crippen molar-refractivity contribution in [3.63, 3.8) is 0 Å². The van der Waals surface area contributed by atoms with E-state index in [4.69, 9.17) is 0 Å². The standard InChI is InChI=1S/C24H31F2N5O3S/c1-17-6-7-19(15-29-9-11-30(12-10-29)18(2)32)13-22(17)35(33,34)28(3)23-21(5-4-8-27-23)31(35)16-20-14-24(20,25)26/h4-8,13,20H,9-12,14-16H2,1-3H3,(H,33,34)/p-1. The fourth-order valence-corrected chi connectivity index (χ4v) is 8.24. The minimum absolute atomic E-state index is 0.0484. The molecule has 3 heterocycles. The average Bonchev–Trinajstić information content (AvgIpc) is 3.39. The molecule has 0 radical (unpaired) electrons. The van der Waals surface area contributed by atoms with Crippen molar-refractivity contribution in [2.75, 3.05) is 48.4 Å². The van der Waals surface area contributed by atoms with Crippen LogP contribution in [0.4, 0.5) is 20.3 Å². The third-order valence-corrected chi connectivity index (χ3v) is 10.9. The number of piperazine rings is 1. The average molecular weight is 507 g/mol. The van der Waals surface area contributed by atoms with Gasteiger partial charge in [0.1, 0.15) is 0 Å². The molecule has 2 fully saturated rings. The van der Waals surface area contributed by atoms with Gasteiger partial charge in [-0.25, -0.2) is 18.0 Å². The summed E-state index contributed by atoms with van der Waals surface area (Å²) in [6.07, 6.45) is 1.18. The molecule has 1 aromatic carbocycles. The van der Waals surface area contributed by atoms with Gasteiger partial charge in [0.25, 0.3) is 5.92 Å². The molecule has 1 atom stereocenters. The molecule has 35 heavy (non-hydrogen) atoms. The number of carbonyl (C=O) groups excluding carboxylic acids is 1. The second kappa shape index (κ2) is 7.94. The zero-order valence-corrected chi connectivity index (χ0v) is 20.9. The molecule has 1 saturated carbocycles. The van der Waals surface area contributed by atoms with Crippen molar-refractivity contribution in [2.45, 2.75) is 37.6 Å². The first-order valence-electron chi connectivity index (χ1n) is 11.7. The van der Waals surface area contributed by atoms with E-state index in [9.17, 15) is 22.3 Å². The number of hydrogen-bond acceptors (Lipinski definition) is 5. The zero-order chi connectivity index (χ0) is 25.2. The van der Waals surface area contributed by atoms with E-state index in [1.807, 2.05) is 6.07 Å². The number of aryl methyl sites for hydroxylation is 1. The monoisotopic (exact) mass is 506 g/mol. The predicted molar refractivity (Wildman–Crippen MR) is 129 cm³/mol. The number of nitrogens with zero attached hydrogens (tertiary/aromatic N) is 5. The second-order valence-electron chi connectivity index (χ2n) is 9.75. The quantitative estimate of drug-likeness (QED) is 0.623. The minimum Gasteiger partial charge on any atom is -0.732 e. The maximum atomic E-state index is 14.8. The van der Waals surface area contributed by atoms with Crippen molar-refractivity contribution >= 4 is 27.1 Å². The van der Waals surface area contributed by atoms with Crippen LogP contribution in [-0.2, 0) is 21.1 Å². The number of amides is 1. The van der Waals surface area contributed by atoms with Gasteiger partial charge in [-0.05, 0) is 36.2 Å². The Bertz CT molecular complexity index is 1250. The lowest BCUT2D eigenvalue weighted by Gasteiger charge is -2.62. The summed E-state index contributed by atoms with van der Waals surface area (Å²) in [6, 6.07) is 8.56. The predicted octanol–water partition coefficient (Wildman–Crippen LogP) is 2.81. The molecule has 0 spiro atoms. The molecule has 8 nitrogen and oxygen atoms in total. The van der Waals surface area contributed by atoms with Crippen LogP contribution in [0, 0.1) is 12.8 Å². The van der Waals surface area contributed by atoms with Gasteiger partial charge in [-0.1, -0.05) is 12.1 Å². The van der Waals surface area contributed by atoms with Crippen LogP contribution >= 0.6 is 0 Å². The highest BCUT2D eigenvalue weighted by Crippen LogP contribution is 2.57. The van der Waals surface area contributed by atoms with Crippen molar-refractivity contribution in [2.24, 2.45) is 5.92 Å². The summed E-state index contributed by atoms with van der Waals surface area (Å²) >= 11 is 0. The number of benzene rings is 1. The Morgan fingerprint density at radius 2 is 1.91 bits per heavy atom. The molecule has 0 N–H and O–H groups in total. The van der Waals surface area contributed by atoms with Crippen molar-refractivity contribution < 1.29 is 22.3 Å². The summed E-state index contributed by atoms with van der Waals surface area (Å²) in [6.45, 7) is 6.14. The lowest BCUT2D eigenvalue weighted by Crippen LogP contribution is -2.58. The summed E-state index contributed by atoms with van der Waals surface area (Å²) in [5.74, 6) is -3.61. The molecule has 1 aliphatic carbocycles. The molecule has 0 bridgehead atoms. The molecule has 2 aromatic rings. The Hall–Kier alpha value is -2.63. The summed E-state index contributed by atoms with van der Waals surface area (Å²) in [4.78, 5) is 20.0. The van der Waals surface area contributed by atoms with Crippen molar-refractivity contribution in [1.29, 1.82) is 0 Å². The number of sulfonamides is 2. The van der Waals surface area contributed by atoms with Gasteiger partial charge in [-0.3, -0.25) is 18.3 Å². The molecule has 11 heteroatoms. The van der Waals surface area contributed by atoms with Gasteiger partial charge in [0.05, 0.1) is 10.6 Å². The third kappa shape index (κ3) is 3.80. The Morgan fingerprint density at radius 1 is 1.23 bits per heavy atom. The Balaban J connectivity index is 1.51. The lowest BCUT2D eigenvalue weighted by molar-refractivity contribution is -0.130. The number of halogens is 2. The van der Waals surface area contributed by atoms with E-state index in [1.165, 1.54) is 13.2 Å². The van der Waals surface area contributed by atoms with Crippen LogP contribution in [0.15, 0.2) is 41.4 Å². The van der Waals surface area contributed by atoms with Gasteiger partial charge < -0.3 is 9.45 Å². The van der Waals surface area contributed by atoms with Gasteiger partial charge in [-0.2, -0.15) is 9.72 Å². The fraction of sp³-hybridized carbons (Fsp3) is 0.500. The van der Waals surface area contributed by atoms with Crippen LogP contribution in [0.1, 0.15) is 24.5 Å². The lowest BCUT2D eigenvalue weighted by atomic mass is 10.1. The first-order valence-corrected chi connectivity index (χ1v) is 13.5. The van der Waals surface area contributed by atoms with Gasteiger partial charge in [-0.15, -0.1) is 0 Å². The van der Waals surface area contributed by atoms with Crippen LogP contribution in [0.5, 0.6) is 0 Å². The van der Waals surface area contributed by atoms with Crippen molar-refractivity contribution in [3.8, 4) is 0 Å². The maximum absolute atomic E-state index is 14.8. The molecule has 1 aromatic heterocycles. The third-order valence-electron chi connectivity index (χ3n) is 7.40. The number of anilines is 2. The Labute approximate surface area is 204 Å². The number of fused-ring (bicyclic) bond motifs is 1. The van der Waals surface area contributed by atoms with Crippen LogP contribution in [0.3, 0.4) is 0 Å². The molecule has 5 rings (SSSR count). The highest BCUT2D eigenvalue weighted by Gasteiger charge is 2.59. The first-order chi connectivity index (χ1) is 16.4. The molecule has 2 aliphatic heterocycles. The van der Waals surface area contributed by atoms with E-state index in [0.717, 1.165) is 14.2 Å². The number of alkyl halides is 2. The largest absolute Gasteiger partial charge is 0.732 e. The van der Waals surface area contributed by atoms with E-state index in [2.05, 4.69) is 9.88 Å². The van der Waals surface area contributed by atoms with E-state index in [1.54, 1.807) is 43.0 Å². The molecular formula is C24H30F2N5O3S-. The van der Waals surface area contributed by atoms with E-state index in [-0.39, 0.29) is 29.6 Å². The van der Waals surface area contributed by atoms with Gasteiger partial charge in [0.15, 0.2) is 5.82 Å². The highest BCUT2D eigenvalue weighted by molar-refractivity contribution is 8.17. The first kappa shape index (κ1) is 24.1. The summed E-state index contributed by atoms with van der Waals surface area (Å²) < 4.78 is 59.7. The van der Waals surface area contributed by atoms with E-state index in [0.29, 0.717) is 44.0 Å². The van der Waals surface area contributed by atoms with Gasteiger partial charge >= 0.3 is 0 Å². The topological polar surface area (TPSA) is 83.0 Å². The molecule has 1 amide bonds. The number of rotatable bonds is 5. The number of carbonyl (C=O) groups is 1. The summed E-state index contributed by atoms with van der Waals surface area (Å²) in [5.41, 5.74) is 1.66. The van der Waals surface area contributed by atoms with Crippen LogP contribution in [0.2, 0.25) is 0 Å². The molecule has 1 unspecified atom stereocenters. The maximum Gasteiger partial charge on any atom is 0.253 e. The van der Waals surface area contributed by atoms with Gasteiger partial charge in [0.2, 0.25) is 5.91 Å². The number of hydrogen-bond donors (Lipinski definition) is 0. The normalized spacial score (nSPS) is 25.6.